The zero-order chi connectivity index (χ0) is 26.0. The van der Waals surface area contributed by atoms with Crippen LogP contribution in [0.3, 0.4) is 0 Å². The average molecular weight is 517 g/mol. The van der Waals surface area contributed by atoms with Crippen molar-refractivity contribution in [3.63, 3.8) is 0 Å². The van der Waals surface area contributed by atoms with Crippen molar-refractivity contribution in [2.75, 3.05) is 26.4 Å². The quantitative estimate of drug-likeness (QED) is 0.122. The molecule has 4 aromatic rings. The van der Waals surface area contributed by atoms with Crippen molar-refractivity contribution in [3.8, 4) is 0 Å². The average Bonchev–Trinajstić information content (AvgIpc) is 2.94. The third-order valence-corrected chi connectivity index (χ3v) is 7.39. The van der Waals surface area contributed by atoms with Crippen molar-refractivity contribution in [3.05, 3.63) is 138 Å². The summed E-state index contributed by atoms with van der Waals surface area (Å²) in [5.41, 5.74) is 3.35. The monoisotopic (exact) mass is 516 g/mol. The number of benzene rings is 4. The lowest BCUT2D eigenvalue weighted by molar-refractivity contribution is -0.00226. The number of rotatable bonds is 13. The normalized spacial score (nSPS) is 11.9. The maximum atomic E-state index is 12.3. The first-order valence-corrected chi connectivity index (χ1v) is 13.8. The highest BCUT2D eigenvalue weighted by atomic mass is 32.2. The topological polar surface area (TPSA) is 61.8 Å². The molecule has 0 saturated carbocycles. The third-order valence-electron chi connectivity index (χ3n) is 6.07. The van der Waals surface area contributed by atoms with E-state index in [2.05, 4.69) is 36.4 Å². The van der Waals surface area contributed by atoms with E-state index in [-0.39, 0.29) is 18.1 Å². The lowest BCUT2D eigenvalue weighted by atomic mass is 9.80. The van der Waals surface area contributed by atoms with E-state index in [0.717, 1.165) is 22.3 Å². The molecule has 37 heavy (non-hydrogen) atoms. The van der Waals surface area contributed by atoms with Gasteiger partial charge in [0.25, 0.3) is 10.1 Å². The largest absolute Gasteiger partial charge is 0.379 e. The van der Waals surface area contributed by atoms with E-state index in [4.69, 9.17) is 13.7 Å². The fourth-order valence-corrected chi connectivity index (χ4v) is 5.13. The van der Waals surface area contributed by atoms with Gasteiger partial charge < -0.3 is 9.47 Å². The van der Waals surface area contributed by atoms with Crippen LogP contribution < -0.4 is 0 Å². The van der Waals surface area contributed by atoms with E-state index in [0.29, 0.717) is 19.6 Å². The minimum Gasteiger partial charge on any atom is -0.379 e. The minimum atomic E-state index is -3.79. The van der Waals surface area contributed by atoms with Gasteiger partial charge in [-0.1, -0.05) is 109 Å². The summed E-state index contributed by atoms with van der Waals surface area (Å²) in [6.07, 6.45) is 0.638. The Labute approximate surface area is 219 Å². The van der Waals surface area contributed by atoms with Crippen molar-refractivity contribution in [2.24, 2.45) is 0 Å². The van der Waals surface area contributed by atoms with Gasteiger partial charge in [-0.3, -0.25) is 4.18 Å². The van der Waals surface area contributed by atoms with Crippen molar-refractivity contribution in [1.29, 1.82) is 0 Å². The minimum absolute atomic E-state index is 0.0426. The van der Waals surface area contributed by atoms with Crippen LogP contribution in [0.4, 0.5) is 0 Å². The second-order valence-electron chi connectivity index (χ2n) is 8.68. The lowest BCUT2D eigenvalue weighted by Crippen LogP contribution is -2.33. The molecule has 5 nitrogen and oxygen atoms in total. The van der Waals surface area contributed by atoms with Crippen LogP contribution in [0, 0.1) is 6.92 Å². The van der Waals surface area contributed by atoms with Gasteiger partial charge in [-0.2, -0.15) is 8.42 Å². The fraction of sp³-hybridized carbons (Fsp3) is 0.226. The van der Waals surface area contributed by atoms with E-state index in [1.807, 2.05) is 61.5 Å². The molecule has 0 atom stereocenters. The van der Waals surface area contributed by atoms with Crippen molar-refractivity contribution < 1.29 is 22.1 Å². The van der Waals surface area contributed by atoms with Crippen LogP contribution in [0.2, 0.25) is 0 Å². The molecule has 0 amide bonds. The smallest absolute Gasteiger partial charge is 0.297 e. The van der Waals surface area contributed by atoms with Crippen LogP contribution >= 0.6 is 0 Å². The molecule has 0 aliphatic heterocycles. The highest BCUT2D eigenvalue weighted by molar-refractivity contribution is 7.86. The molecule has 4 rings (SSSR count). The lowest BCUT2D eigenvalue weighted by Gasteiger charge is -2.36. The SMILES string of the molecule is Cc1ccc(S(=O)(=O)OCCOCCCOC(c2ccccc2)(c2ccccc2)c2ccccc2)cc1. The molecule has 0 unspecified atom stereocenters. The molecule has 0 saturated heterocycles. The Morgan fingerprint density at radius 1 is 0.595 bits per heavy atom. The van der Waals surface area contributed by atoms with Gasteiger partial charge in [0.2, 0.25) is 0 Å². The molecule has 0 aliphatic carbocycles. The summed E-state index contributed by atoms with van der Waals surface area (Å²) in [5, 5.41) is 0. The van der Waals surface area contributed by atoms with Crippen molar-refractivity contribution >= 4 is 10.1 Å². The Kier molecular flexibility index (Phi) is 9.25. The number of hydrogen-bond donors (Lipinski definition) is 0. The fourth-order valence-electron chi connectivity index (χ4n) is 4.23. The van der Waals surface area contributed by atoms with Gasteiger partial charge in [0.1, 0.15) is 5.60 Å². The van der Waals surface area contributed by atoms with Crippen LogP contribution in [-0.2, 0) is 29.4 Å². The van der Waals surface area contributed by atoms with Gasteiger partial charge in [-0.05, 0) is 42.2 Å². The summed E-state index contributed by atoms with van der Waals surface area (Å²) in [7, 11) is -3.79. The summed E-state index contributed by atoms with van der Waals surface area (Å²) < 4.78 is 42.1. The van der Waals surface area contributed by atoms with Crippen LogP contribution in [0.15, 0.2) is 120 Å². The van der Waals surface area contributed by atoms with Gasteiger partial charge in [0.05, 0.1) is 24.7 Å². The maximum Gasteiger partial charge on any atom is 0.297 e. The van der Waals surface area contributed by atoms with E-state index in [1.165, 1.54) is 0 Å². The zero-order valence-electron chi connectivity index (χ0n) is 21.0. The summed E-state index contributed by atoms with van der Waals surface area (Å²) in [6, 6.07) is 37.2. The highest BCUT2D eigenvalue weighted by Crippen LogP contribution is 2.40. The second-order valence-corrected chi connectivity index (χ2v) is 10.3. The van der Waals surface area contributed by atoms with Gasteiger partial charge in [-0.15, -0.1) is 0 Å². The molecule has 0 aromatic heterocycles. The first-order valence-electron chi connectivity index (χ1n) is 12.4. The van der Waals surface area contributed by atoms with Gasteiger partial charge in [0, 0.05) is 6.61 Å². The van der Waals surface area contributed by atoms with E-state index < -0.39 is 15.7 Å². The molecule has 0 N–H and O–H groups in total. The third kappa shape index (κ3) is 6.73. The van der Waals surface area contributed by atoms with Gasteiger partial charge in [-0.25, -0.2) is 0 Å². The van der Waals surface area contributed by atoms with Crippen molar-refractivity contribution in [2.45, 2.75) is 23.8 Å². The van der Waals surface area contributed by atoms with E-state index in [9.17, 15) is 8.42 Å². The Morgan fingerprint density at radius 3 is 1.57 bits per heavy atom. The zero-order valence-corrected chi connectivity index (χ0v) is 21.8. The van der Waals surface area contributed by atoms with Crippen LogP contribution in [-0.4, -0.2) is 34.8 Å². The van der Waals surface area contributed by atoms with E-state index >= 15 is 0 Å². The number of ether oxygens (including phenoxy) is 2. The van der Waals surface area contributed by atoms with Gasteiger partial charge >= 0.3 is 0 Å². The summed E-state index contributed by atoms with van der Waals surface area (Å²) in [4.78, 5) is 0.144. The molecule has 0 spiro atoms. The highest BCUT2D eigenvalue weighted by Gasteiger charge is 2.37. The predicted octanol–water partition coefficient (Wildman–Crippen LogP) is 6.12. The second kappa shape index (κ2) is 12.8. The standard InChI is InChI=1S/C31H32O5S/c1-26-18-20-30(21-19-26)37(32,33)36-25-24-34-22-11-23-35-31(27-12-5-2-6-13-27,28-14-7-3-8-15-28)29-16-9-4-10-17-29/h2-10,12-21H,11,22-25H2,1H3. The molecule has 192 valence electrons. The van der Waals surface area contributed by atoms with Crippen molar-refractivity contribution in [1.82, 2.24) is 0 Å². The number of aryl methyl sites for hydroxylation is 1. The first-order chi connectivity index (χ1) is 18.0. The van der Waals surface area contributed by atoms with Crippen LogP contribution in [0.5, 0.6) is 0 Å². The Bertz CT molecular complexity index is 1230. The summed E-state index contributed by atoms with van der Waals surface area (Å²) >= 11 is 0. The molecular formula is C31H32O5S. The molecule has 0 heterocycles. The predicted molar refractivity (Wildman–Crippen MR) is 145 cm³/mol. The Morgan fingerprint density at radius 2 is 1.08 bits per heavy atom. The molecule has 4 aromatic carbocycles. The molecule has 0 radical (unpaired) electrons. The maximum absolute atomic E-state index is 12.3. The summed E-state index contributed by atoms with van der Waals surface area (Å²) in [5.74, 6) is 0. The molecule has 0 bridgehead atoms. The van der Waals surface area contributed by atoms with E-state index in [1.54, 1.807) is 24.3 Å². The first kappa shape index (κ1) is 26.8. The Hall–Kier alpha value is -3.29. The Balaban J connectivity index is 1.36. The molecule has 0 aliphatic rings. The van der Waals surface area contributed by atoms with Crippen LogP contribution in [0.25, 0.3) is 0 Å². The van der Waals surface area contributed by atoms with Gasteiger partial charge in [0.15, 0.2) is 0 Å². The summed E-state index contributed by atoms with van der Waals surface area (Å²) in [6.45, 7) is 2.90. The number of hydrogen-bond acceptors (Lipinski definition) is 5. The molecule has 6 heteroatoms. The van der Waals surface area contributed by atoms with Crippen LogP contribution in [0.1, 0.15) is 28.7 Å². The molecule has 0 fully saturated rings. The molecular weight excluding hydrogens is 484 g/mol.